The van der Waals surface area contributed by atoms with Gasteiger partial charge >= 0.3 is 0 Å². The van der Waals surface area contributed by atoms with Gasteiger partial charge in [-0.05, 0) is 12.8 Å². The molecule has 0 spiro atoms. The fourth-order valence-electron chi connectivity index (χ4n) is 2.13. The van der Waals surface area contributed by atoms with Crippen LogP contribution in [0.25, 0.3) is 11.6 Å². The van der Waals surface area contributed by atoms with Gasteiger partial charge in [0.2, 0.25) is 11.7 Å². The predicted octanol–water partition coefficient (Wildman–Crippen LogP) is 1.19. The molecule has 6 heteroatoms. The highest BCUT2D eigenvalue weighted by Gasteiger charge is 2.37. The maximum Gasteiger partial charge on any atom is 0.247 e. The van der Waals surface area contributed by atoms with Gasteiger partial charge in [-0.1, -0.05) is 18.0 Å². The minimum Gasteiger partial charge on any atom is -0.342 e. The van der Waals surface area contributed by atoms with E-state index >= 15 is 0 Å². The Labute approximate surface area is 92.3 Å². The first-order chi connectivity index (χ1) is 7.78. The number of rotatable bonds is 2. The van der Waals surface area contributed by atoms with Gasteiger partial charge in [-0.15, -0.1) is 0 Å². The van der Waals surface area contributed by atoms with Crippen molar-refractivity contribution in [2.24, 2.45) is 5.73 Å². The third kappa shape index (κ3) is 1.42. The van der Waals surface area contributed by atoms with Crippen LogP contribution in [0.1, 0.15) is 31.6 Å². The van der Waals surface area contributed by atoms with Crippen LogP contribution in [0.4, 0.5) is 0 Å². The van der Waals surface area contributed by atoms with Gasteiger partial charge in [0.1, 0.15) is 0 Å². The number of hydrogen-bond donors (Lipinski definition) is 2. The summed E-state index contributed by atoms with van der Waals surface area (Å²) in [6, 6.07) is 0. The Balaban J connectivity index is 1.93. The average Bonchev–Trinajstić information content (AvgIpc) is 2.98. The van der Waals surface area contributed by atoms with Gasteiger partial charge < -0.3 is 15.2 Å². The van der Waals surface area contributed by atoms with E-state index in [1.54, 1.807) is 12.4 Å². The molecule has 2 heterocycles. The van der Waals surface area contributed by atoms with Gasteiger partial charge in [-0.25, -0.2) is 4.98 Å². The second-order valence-corrected chi connectivity index (χ2v) is 4.22. The van der Waals surface area contributed by atoms with Crippen molar-refractivity contribution < 1.29 is 4.52 Å². The van der Waals surface area contributed by atoms with Crippen LogP contribution < -0.4 is 5.73 Å². The van der Waals surface area contributed by atoms with Crippen molar-refractivity contribution in [1.29, 1.82) is 0 Å². The third-order valence-electron chi connectivity index (χ3n) is 3.06. The molecular formula is C10H13N5O. The Hall–Kier alpha value is -1.69. The number of nitrogens with one attached hydrogen (secondary N) is 1. The highest BCUT2D eigenvalue weighted by atomic mass is 16.5. The van der Waals surface area contributed by atoms with E-state index in [1.807, 2.05) is 0 Å². The maximum atomic E-state index is 6.22. The van der Waals surface area contributed by atoms with Gasteiger partial charge in [0.05, 0.1) is 5.54 Å². The zero-order valence-corrected chi connectivity index (χ0v) is 8.81. The van der Waals surface area contributed by atoms with Gasteiger partial charge in [-0.2, -0.15) is 4.98 Å². The van der Waals surface area contributed by atoms with Crippen molar-refractivity contribution in [2.45, 2.75) is 31.2 Å². The van der Waals surface area contributed by atoms with Gasteiger partial charge in [0.25, 0.3) is 0 Å². The summed E-state index contributed by atoms with van der Waals surface area (Å²) in [6.45, 7) is 0. The molecule has 0 atom stereocenters. The number of aromatic nitrogens is 4. The van der Waals surface area contributed by atoms with Crippen molar-refractivity contribution in [3.63, 3.8) is 0 Å². The van der Waals surface area contributed by atoms with Gasteiger partial charge in [0.15, 0.2) is 5.82 Å². The monoisotopic (exact) mass is 219 g/mol. The molecule has 6 nitrogen and oxygen atoms in total. The van der Waals surface area contributed by atoms with E-state index in [2.05, 4.69) is 20.1 Å². The summed E-state index contributed by atoms with van der Waals surface area (Å²) in [5.74, 6) is 1.60. The molecule has 0 radical (unpaired) electrons. The summed E-state index contributed by atoms with van der Waals surface area (Å²) in [6.07, 6.45) is 7.43. The largest absolute Gasteiger partial charge is 0.342 e. The third-order valence-corrected chi connectivity index (χ3v) is 3.06. The molecule has 2 aromatic rings. The molecule has 1 saturated carbocycles. The molecule has 0 amide bonds. The molecule has 2 aromatic heterocycles. The van der Waals surface area contributed by atoms with Crippen LogP contribution in [-0.2, 0) is 5.54 Å². The number of aromatic amines is 1. The molecule has 0 bridgehead atoms. The van der Waals surface area contributed by atoms with E-state index < -0.39 is 5.54 Å². The summed E-state index contributed by atoms with van der Waals surface area (Å²) in [5.41, 5.74) is 5.79. The minimum absolute atomic E-state index is 0.433. The lowest BCUT2D eigenvalue weighted by atomic mass is 9.99. The Kier molecular flexibility index (Phi) is 2.03. The lowest BCUT2D eigenvalue weighted by Gasteiger charge is -2.16. The smallest absolute Gasteiger partial charge is 0.247 e. The quantitative estimate of drug-likeness (QED) is 0.791. The minimum atomic E-state index is -0.433. The first-order valence-electron chi connectivity index (χ1n) is 5.41. The topological polar surface area (TPSA) is 93.6 Å². The highest BCUT2D eigenvalue weighted by Crippen LogP contribution is 2.35. The first-order valence-corrected chi connectivity index (χ1v) is 5.41. The van der Waals surface area contributed by atoms with Gasteiger partial charge in [-0.3, -0.25) is 0 Å². The standard InChI is InChI=1S/C10H13N5O/c11-10(3-1-2-4-10)9-14-8(15-16-9)7-12-5-6-13-7/h5-6H,1-4,11H2,(H,12,13). The fourth-order valence-corrected chi connectivity index (χ4v) is 2.13. The summed E-state index contributed by atoms with van der Waals surface area (Å²) in [7, 11) is 0. The second kappa shape index (κ2) is 3.41. The van der Waals surface area contributed by atoms with Crippen molar-refractivity contribution in [3.05, 3.63) is 18.3 Å². The highest BCUT2D eigenvalue weighted by molar-refractivity contribution is 5.41. The molecule has 0 aromatic carbocycles. The summed E-state index contributed by atoms with van der Waals surface area (Å²) in [5, 5.41) is 3.89. The lowest BCUT2D eigenvalue weighted by Crippen LogP contribution is -2.33. The summed E-state index contributed by atoms with van der Waals surface area (Å²) < 4.78 is 5.23. The Bertz CT molecular complexity index is 469. The molecule has 1 aliphatic carbocycles. The van der Waals surface area contributed by atoms with Crippen LogP contribution in [0.3, 0.4) is 0 Å². The Morgan fingerprint density at radius 2 is 2.19 bits per heavy atom. The molecule has 0 unspecified atom stereocenters. The van der Waals surface area contributed by atoms with Crippen LogP contribution in [-0.4, -0.2) is 20.1 Å². The van der Waals surface area contributed by atoms with E-state index in [4.69, 9.17) is 10.3 Å². The van der Waals surface area contributed by atoms with Crippen molar-refractivity contribution >= 4 is 0 Å². The molecule has 16 heavy (non-hydrogen) atoms. The second-order valence-electron chi connectivity index (χ2n) is 4.22. The molecule has 0 aliphatic heterocycles. The Morgan fingerprint density at radius 1 is 1.38 bits per heavy atom. The average molecular weight is 219 g/mol. The molecule has 3 rings (SSSR count). The SMILES string of the molecule is NC1(c2nc(-c3ncc[nH]3)no2)CCCC1. The van der Waals surface area contributed by atoms with Crippen LogP contribution in [0.2, 0.25) is 0 Å². The molecule has 84 valence electrons. The van der Waals surface area contributed by atoms with E-state index in [1.165, 1.54) is 0 Å². The van der Waals surface area contributed by atoms with Gasteiger partial charge in [0, 0.05) is 12.4 Å². The lowest BCUT2D eigenvalue weighted by molar-refractivity contribution is 0.285. The van der Waals surface area contributed by atoms with Crippen LogP contribution in [0.15, 0.2) is 16.9 Å². The van der Waals surface area contributed by atoms with E-state index in [0.29, 0.717) is 17.5 Å². The van der Waals surface area contributed by atoms with Crippen LogP contribution in [0.5, 0.6) is 0 Å². The van der Waals surface area contributed by atoms with E-state index in [-0.39, 0.29) is 0 Å². The zero-order chi connectivity index (χ0) is 11.0. The van der Waals surface area contributed by atoms with Crippen molar-refractivity contribution in [2.75, 3.05) is 0 Å². The zero-order valence-electron chi connectivity index (χ0n) is 8.81. The number of H-pyrrole nitrogens is 1. The molecule has 0 saturated heterocycles. The maximum absolute atomic E-state index is 6.22. The number of nitrogens with zero attached hydrogens (tertiary/aromatic N) is 3. The normalized spacial score (nSPS) is 19.1. The molecule has 1 fully saturated rings. The predicted molar refractivity (Wildman–Crippen MR) is 56.2 cm³/mol. The van der Waals surface area contributed by atoms with E-state index in [9.17, 15) is 0 Å². The van der Waals surface area contributed by atoms with E-state index in [0.717, 1.165) is 25.7 Å². The van der Waals surface area contributed by atoms with Crippen molar-refractivity contribution in [1.82, 2.24) is 20.1 Å². The van der Waals surface area contributed by atoms with Crippen molar-refractivity contribution in [3.8, 4) is 11.6 Å². The Morgan fingerprint density at radius 3 is 2.88 bits per heavy atom. The van der Waals surface area contributed by atoms with Crippen LogP contribution >= 0.6 is 0 Å². The first kappa shape index (κ1) is 9.53. The molecular weight excluding hydrogens is 206 g/mol. The number of imidazole rings is 1. The number of nitrogens with two attached hydrogens (primary N) is 1. The fraction of sp³-hybridized carbons (Fsp3) is 0.500. The molecule has 1 aliphatic rings. The number of hydrogen-bond acceptors (Lipinski definition) is 5. The molecule has 3 N–H and O–H groups in total. The summed E-state index contributed by atoms with van der Waals surface area (Å²) in [4.78, 5) is 11.3. The van der Waals surface area contributed by atoms with Crippen LogP contribution in [0, 0.1) is 0 Å². The summed E-state index contributed by atoms with van der Waals surface area (Å²) >= 11 is 0.